The highest BCUT2D eigenvalue weighted by molar-refractivity contribution is 5.94. The third-order valence-electron chi connectivity index (χ3n) is 5.00. The summed E-state index contributed by atoms with van der Waals surface area (Å²) in [4.78, 5) is 19.5. The summed E-state index contributed by atoms with van der Waals surface area (Å²) in [5.74, 6) is 0.650. The second-order valence-corrected chi connectivity index (χ2v) is 6.74. The maximum absolute atomic E-state index is 13.3. The van der Waals surface area contributed by atoms with Gasteiger partial charge in [-0.15, -0.1) is 0 Å². The van der Waals surface area contributed by atoms with Crippen LogP contribution in [-0.4, -0.2) is 43.6 Å². The number of benzene rings is 1. The fourth-order valence-electron chi connectivity index (χ4n) is 3.44. The molecule has 4 aromatic rings. The summed E-state index contributed by atoms with van der Waals surface area (Å²) in [6, 6.07) is 15.3. The molecule has 148 valence electrons. The van der Waals surface area contributed by atoms with Gasteiger partial charge in [-0.1, -0.05) is 18.2 Å². The molecule has 0 spiro atoms. The van der Waals surface area contributed by atoms with Gasteiger partial charge in [0.15, 0.2) is 0 Å². The minimum absolute atomic E-state index is 0.0745. The quantitative estimate of drug-likeness (QED) is 0.507. The smallest absolute Gasteiger partial charge is 0.272 e. The average molecular weight is 389 g/mol. The minimum atomic E-state index is -0.0745. The molecule has 4 rings (SSSR count). The van der Waals surface area contributed by atoms with Crippen molar-refractivity contribution in [3.8, 4) is 17.0 Å². The van der Waals surface area contributed by atoms with Gasteiger partial charge in [0.2, 0.25) is 0 Å². The third-order valence-corrected chi connectivity index (χ3v) is 5.00. The van der Waals surface area contributed by atoms with Crippen molar-refractivity contribution in [1.29, 1.82) is 0 Å². The molecule has 0 atom stereocenters. The van der Waals surface area contributed by atoms with Crippen LogP contribution in [0.3, 0.4) is 0 Å². The fraction of sp³-hybridized carbons (Fsp3) is 0.227. The van der Waals surface area contributed by atoms with Crippen LogP contribution in [0.5, 0.6) is 5.75 Å². The molecule has 7 nitrogen and oxygen atoms in total. The van der Waals surface area contributed by atoms with Gasteiger partial charge in [0.1, 0.15) is 17.1 Å². The number of carbonyl (C=O) groups excluding carboxylic acids is 1. The molecule has 0 aliphatic heterocycles. The maximum atomic E-state index is 13.3. The van der Waals surface area contributed by atoms with Gasteiger partial charge in [-0.3, -0.25) is 9.48 Å². The van der Waals surface area contributed by atoms with Gasteiger partial charge in [-0.25, -0.2) is 4.98 Å². The van der Waals surface area contributed by atoms with Crippen molar-refractivity contribution in [3.63, 3.8) is 0 Å². The first kappa shape index (κ1) is 18.7. The van der Waals surface area contributed by atoms with Gasteiger partial charge >= 0.3 is 0 Å². The maximum Gasteiger partial charge on any atom is 0.272 e. The van der Waals surface area contributed by atoms with Crippen molar-refractivity contribution >= 4 is 11.6 Å². The summed E-state index contributed by atoms with van der Waals surface area (Å²) in [6.45, 7) is 3.02. The lowest BCUT2D eigenvalue weighted by atomic mass is 10.1. The number of aromatic nitrogens is 4. The second-order valence-electron chi connectivity index (χ2n) is 6.74. The molecule has 0 fully saturated rings. The SMILES string of the molecule is CCN(Cc1cnc2ccccn12)C(=O)c1cc(-c2ccccc2OC)nn1C. The van der Waals surface area contributed by atoms with E-state index in [9.17, 15) is 4.79 Å². The zero-order valence-electron chi connectivity index (χ0n) is 16.7. The number of ether oxygens (including phenoxy) is 1. The zero-order chi connectivity index (χ0) is 20.4. The highest BCUT2D eigenvalue weighted by atomic mass is 16.5. The molecular formula is C22H23N5O2. The van der Waals surface area contributed by atoms with Gasteiger partial charge in [0.25, 0.3) is 5.91 Å². The number of fused-ring (bicyclic) bond motifs is 1. The molecule has 29 heavy (non-hydrogen) atoms. The largest absolute Gasteiger partial charge is 0.496 e. The molecule has 0 radical (unpaired) electrons. The van der Waals surface area contributed by atoms with E-state index in [1.165, 1.54) is 0 Å². The Morgan fingerprint density at radius 2 is 1.97 bits per heavy atom. The fourth-order valence-corrected chi connectivity index (χ4v) is 3.44. The summed E-state index contributed by atoms with van der Waals surface area (Å²) in [5.41, 5.74) is 3.92. The van der Waals surface area contributed by atoms with Crippen molar-refractivity contribution in [1.82, 2.24) is 24.1 Å². The molecule has 3 aromatic heterocycles. The Balaban J connectivity index is 1.63. The number of rotatable bonds is 6. The second kappa shape index (κ2) is 7.79. The lowest BCUT2D eigenvalue weighted by molar-refractivity contribution is 0.0739. The van der Waals surface area contributed by atoms with Crippen molar-refractivity contribution in [2.45, 2.75) is 13.5 Å². The highest BCUT2D eigenvalue weighted by Crippen LogP contribution is 2.29. The molecule has 0 unspecified atom stereocenters. The molecule has 1 aromatic carbocycles. The van der Waals surface area contributed by atoms with Crippen LogP contribution in [0, 0.1) is 0 Å². The number of hydrogen-bond acceptors (Lipinski definition) is 4. The van der Waals surface area contributed by atoms with E-state index in [1.807, 2.05) is 72.2 Å². The Morgan fingerprint density at radius 1 is 1.17 bits per heavy atom. The predicted molar refractivity (Wildman–Crippen MR) is 111 cm³/mol. The molecule has 1 amide bonds. The Morgan fingerprint density at radius 3 is 2.76 bits per heavy atom. The summed E-state index contributed by atoms with van der Waals surface area (Å²) < 4.78 is 9.06. The molecule has 3 heterocycles. The van der Waals surface area contributed by atoms with Crippen LogP contribution in [0.4, 0.5) is 0 Å². The van der Waals surface area contributed by atoms with Gasteiger partial charge < -0.3 is 14.0 Å². The summed E-state index contributed by atoms with van der Waals surface area (Å²) in [7, 11) is 3.41. The lowest BCUT2D eigenvalue weighted by Gasteiger charge is -2.20. The highest BCUT2D eigenvalue weighted by Gasteiger charge is 2.22. The molecule has 0 saturated heterocycles. The molecule has 0 N–H and O–H groups in total. The summed E-state index contributed by atoms with van der Waals surface area (Å²) >= 11 is 0. The Kier molecular flexibility index (Phi) is 5.03. The lowest BCUT2D eigenvalue weighted by Crippen LogP contribution is -2.32. The Labute approximate surface area is 169 Å². The molecule has 7 heteroatoms. The number of methoxy groups -OCH3 is 1. The first-order chi connectivity index (χ1) is 14.1. The van der Waals surface area contributed by atoms with Crippen molar-refractivity contribution < 1.29 is 9.53 Å². The zero-order valence-corrected chi connectivity index (χ0v) is 16.7. The first-order valence-electron chi connectivity index (χ1n) is 9.50. The molecule has 0 aliphatic rings. The molecule has 0 bridgehead atoms. The molecule has 0 aliphatic carbocycles. The standard InChI is InChI=1S/C22H23N5O2/c1-4-26(15-16-14-23-21-11-7-8-12-27(16)21)22(28)19-13-18(24-25(19)2)17-9-5-6-10-20(17)29-3/h5-14H,4,15H2,1-3H3. The van der Waals surface area contributed by atoms with E-state index in [1.54, 1.807) is 23.7 Å². The van der Waals surface area contributed by atoms with Crippen LogP contribution in [0.25, 0.3) is 16.9 Å². The van der Waals surface area contributed by atoms with Crippen LogP contribution >= 0.6 is 0 Å². The Hall–Kier alpha value is -3.61. The minimum Gasteiger partial charge on any atom is -0.496 e. The third kappa shape index (κ3) is 3.47. The number of amides is 1. The number of aryl methyl sites for hydroxylation is 1. The van der Waals surface area contributed by atoms with Crippen LogP contribution in [0.1, 0.15) is 23.1 Å². The van der Waals surface area contributed by atoms with Gasteiger partial charge in [0.05, 0.1) is 31.2 Å². The van der Waals surface area contributed by atoms with Crippen LogP contribution in [0.2, 0.25) is 0 Å². The van der Waals surface area contributed by atoms with Crippen LogP contribution < -0.4 is 4.74 Å². The van der Waals surface area contributed by atoms with Gasteiger partial charge in [-0.2, -0.15) is 5.10 Å². The number of hydrogen-bond donors (Lipinski definition) is 0. The van der Waals surface area contributed by atoms with E-state index in [-0.39, 0.29) is 5.91 Å². The van der Waals surface area contributed by atoms with Crippen LogP contribution in [0.15, 0.2) is 60.9 Å². The van der Waals surface area contributed by atoms with Crippen molar-refractivity contribution in [2.24, 2.45) is 7.05 Å². The number of imidazole rings is 1. The van der Waals surface area contributed by atoms with E-state index < -0.39 is 0 Å². The summed E-state index contributed by atoms with van der Waals surface area (Å²) in [5, 5.41) is 4.55. The van der Waals surface area contributed by atoms with E-state index in [0.29, 0.717) is 24.5 Å². The van der Waals surface area contributed by atoms with E-state index in [0.717, 1.165) is 22.7 Å². The van der Waals surface area contributed by atoms with Crippen molar-refractivity contribution in [3.05, 3.63) is 72.3 Å². The number of pyridine rings is 1. The van der Waals surface area contributed by atoms with E-state index >= 15 is 0 Å². The average Bonchev–Trinajstić information content (AvgIpc) is 3.35. The first-order valence-corrected chi connectivity index (χ1v) is 9.50. The van der Waals surface area contributed by atoms with E-state index in [4.69, 9.17) is 4.74 Å². The monoisotopic (exact) mass is 389 g/mol. The van der Waals surface area contributed by atoms with Gasteiger partial charge in [-0.05, 0) is 37.3 Å². The molecular weight excluding hydrogens is 366 g/mol. The normalized spacial score (nSPS) is 11.0. The molecule has 0 saturated carbocycles. The van der Waals surface area contributed by atoms with E-state index in [2.05, 4.69) is 10.1 Å². The summed E-state index contributed by atoms with van der Waals surface area (Å²) in [6.07, 6.45) is 3.77. The topological polar surface area (TPSA) is 64.7 Å². The van der Waals surface area contributed by atoms with Crippen LogP contribution in [-0.2, 0) is 13.6 Å². The van der Waals surface area contributed by atoms with Crippen molar-refractivity contribution in [2.75, 3.05) is 13.7 Å². The Bertz CT molecular complexity index is 1160. The number of para-hydroxylation sites is 1. The number of carbonyl (C=O) groups is 1. The van der Waals surface area contributed by atoms with Gasteiger partial charge in [0, 0.05) is 25.4 Å². The number of nitrogens with zero attached hydrogens (tertiary/aromatic N) is 5. The predicted octanol–water partition coefficient (Wildman–Crippen LogP) is 3.41.